The molecule has 2 unspecified atom stereocenters. The molecule has 28 heavy (non-hydrogen) atoms. The molecule has 7 heteroatoms. The SMILES string of the molecule is Cc1cccc(-c2noc(CN3CCCC(C(=O)NCC4CCCO4)C3)n2)c1. The number of rotatable bonds is 6. The molecule has 150 valence electrons. The van der Waals surface area contributed by atoms with Crippen LogP contribution in [0.4, 0.5) is 0 Å². The summed E-state index contributed by atoms with van der Waals surface area (Å²) in [5, 5.41) is 7.18. The largest absolute Gasteiger partial charge is 0.376 e. The van der Waals surface area contributed by atoms with Crippen molar-refractivity contribution >= 4 is 5.91 Å². The van der Waals surface area contributed by atoms with E-state index in [9.17, 15) is 4.79 Å². The first-order chi connectivity index (χ1) is 13.7. The lowest BCUT2D eigenvalue weighted by Crippen LogP contribution is -2.44. The average molecular weight is 384 g/mol. The van der Waals surface area contributed by atoms with Gasteiger partial charge in [-0.2, -0.15) is 4.98 Å². The Morgan fingerprint density at radius 2 is 2.25 bits per heavy atom. The van der Waals surface area contributed by atoms with E-state index in [2.05, 4.69) is 20.4 Å². The second-order valence-corrected chi connectivity index (χ2v) is 7.84. The number of nitrogens with zero attached hydrogens (tertiary/aromatic N) is 3. The monoisotopic (exact) mass is 384 g/mol. The average Bonchev–Trinajstić information content (AvgIpc) is 3.38. The summed E-state index contributed by atoms with van der Waals surface area (Å²) in [6.45, 7) is 5.72. The zero-order chi connectivity index (χ0) is 19.3. The molecule has 0 saturated carbocycles. The maximum absolute atomic E-state index is 12.5. The molecule has 0 spiro atoms. The van der Waals surface area contributed by atoms with Gasteiger partial charge in [0.1, 0.15) is 0 Å². The third-order valence-electron chi connectivity index (χ3n) is 5.51. The van der Waals surface area contributed by atoms with Crippen molar-refractivity contribution in [3.63, 3.8) is 0 Å². The van der Waals surface area contributed by atoms with E-state index in [4.69, 9.17) is 9.26 Å². The van der Waals surface area contributed by atoms with Crippen LogP contribution in [-0.2, 0) is 16.1 Å². The summed E-state index contributed by atoms with van der Waals surface area (Å²) >= 11 is 0. The highest BCUT2D eigenvalue weighted by Gasteiger charge is 2.27. The van der Waals surface area contributed by atoms with Crippen molar-refractivity contribution in [3.05, 3.63) is 35.7 Å². The van der Waals surface area contributed by atoms with Gasteiger partial charge in [0.25, 0.3) is 0 Å². The minimum absolute atomic E-state index is 0.00863. The van der Waals surface area contributed by atoms with Crippen molar-refractivity contribution in [2.24, 2.45) is 5.92 Å². The summed E-state index contributed by atoms with van der Waals surface area (Å²) in [6, 6.07) is 8.06. The molecule has 2 aromatic rings. The molecule has 2 aliphatic heterocycles. The molecule has 1 amide bonds. The Kier molecular flexibility index (Phi) is 6.02. The third kappa shape index (κ3) is 4.77. The van der Waals surface area contributed by atoms with Crippen LogP contribution in [0.25, 0.3) is 11.4 Å². The Morgan fingerprint density at radius 3 is 3.07 bits per heavy atom. The summed E-state index contributed by atoms with van der Waals surface area (Å²) in [5.41, 5.74) is 2.12. The number of carbonyl (C=O) groups is 1. The van der Waals surface area contributed by atoms with Crippen molar-refractivity contribution < 1.29 is 14.1 Å². The Morgan fingerprint density at radius 1 is 1.32 bits per heavy atom. The number of piperidine rings is 1. The normalized spacial score (nSPS) is 23.0. The fourth-order valence-electron chi connectivity index (χ4n) is 3.99. The fourth-order valence-corrected chi connectivity index (χ4v) is 3.99. The van der Waals surface area contributed by atoms with Crippen molar-refractivity contribution in [3.8, 4) is 11.4 Å². The van der Waals surface area contributed by atoms with Gasteiger partial charge in [-0.3, -0.25) is 9.69 Å². The van der Waals surface area contributed by atoms with E-state index in [0.29, 0.717) is 24.8 Å². The van der Waals surface area contributed by atoms with Crippen molar-refractivity contribution in [1.82, 2.24) is 20.4 Å². The fraction of sp³-hybridized carbons (Fsp3) is 0.571. The minimum Gasteiger partial charge on any atom is -0.376 e. The Balaban J connectivity index is 1.30. The maximum Gasteiger partial charge on any atom is 0.241 e. The molecule has 0 bridgehead atoms. The number of benzene rings is 1. The number of aromatic nitrogens is 2. The number of hydrogen-bond donors (Lipinski definition) is 1. The van der Waals surface area contributed by atoms with Crippen LogP contribution in [-0.4, -0.2) is 53.3 Å². The number of likely N-dealkylation sites (tertiary alicyclic amines) is 1. The number of hydrogen-bond acceptors (Lipinski definition) is 6. The molecule has 2 aliphatic rings. The summed E-state index contributed by atoms with van der Waals surface area (Å²) in [6.07, 6.45) is 4.23. The first kappa shape index (κ1) is 19.1. The van der Waals surface area contributed by atoms with Crippen LogP contribution >= 0.6 is 0 Å². The molecule has 0 radical (unpaired) electrons. The minimum atomic E-state index is 0.00863. The van der Waals surface area contributed by atoms with Gasteiger partial charge in [-0.25, -0.2) is 0 Å². The van der Waals surface area contributed by atoms with E-state index >= 15 is 0 Å². The van der Waals surface area contributed by atoms with E-state index < -0.39 is 0 Å². The van der Waals surface area contributed by atoms with Crippen LogP contribution < -0.4 is 5.32 Å². The van der Waals surface area contributed by atoms with Crippen molar-refractivity contribution in [2.75, 3.05) is 26.2 Å². The molecule has 3 heterocycles. The van der Waals surface area contributed by atoms with Gasteiger partial charge in [0.2, 0.25) is 17.6 Å². The predicted molar refractivity (Wildman–Crippen MR) is 104 cm³/mol. The van der Waals surface area contributed by atoms with Gasteiger partial charge in [-0.05, 0) is 45.2 Å². The van der Waals surface area contributed by atoms with Crippen LogP contribution in [0.15, 0.2) is 28.8 Å². The Bertz CT molecular complexity index is 800. The van der Waals surface area contributed by atoms with E-state index in [1.54, 1.807) is 0 Å². The van der Waals surface area contributed by atoms with Gasteiger partial charge >= 0.3 is 0 Å². The summed E-state index contributed by atoms with van der Waals surface area (Å²) in [4.78, 5) is 19.3. The van der Waals surface area contributed by atoms with Crippen LogP contribution in [0.2, 0.25) is 0 Å². The summed E-state index contributed by atoms with van der Waals surface area (Å²) in [7, 11) is 0. The van der Waals surface area contributed by atoms with Crippen LogP contribution in [0.5, 0.6) is 0 Å². The molecule has 2 saturated heterocycles. The standard InChI is InChI=1S/C21H28N4O3/c1-15-5-2-6-16(11-15)20-23-19(28-24-20)14-25-9-3-7-17(13-25)21(26)22-12-18-8-4-10-27-18/h2,5-6,11,17-18H,3-4,7-10,12-14H2,1H3,(H,22,26). The number of nitrogens with one attached hydrogen (secondary N) is 1. The molecule has 4 rings (SSSR count). The summed E-state index contributed by atoms with van der Waals surface area (Å²) < 4.78 is 11.0. The lowest BCUT2D eigenvalue weighted by molar-refractivity contribution is -0.127. The highest BCUT2D eigenvalue weighted by molar-refractivity contribution is 5.79. The maximum atomic E-state index is 12.5. The number of amides is 1. The first-order valence-electron chi connectivity index (χ1n) is 10.2. The lowest BCUT2D eigenvalue weighted by Gasteiger charge is -2.31. The molecule has 1 aromatic carbocycles. The van der Waals surface area contributed by atoms with Gasteiger partial charge in [0.15, 0.2) is 0 Å². The molecule has 7 nitrogen and oxygen atoms in total. The molecule has 2 atom stereocenters. The van der Waals surface area contributed by atoms with Gasteiger partial charge in [0.05, 0.1) is 18.6 Å². The van der Waals surface area contributed by atoms with Crippen LogP contribution in [0.3, 0.4) is 0 Å². The number of ether oxygens (including phenoxy) is 1. The van der Waals surface area contributed by atoms with Gasteiger partial charge in [-0.1, -0.05) is 28.9 Å². The third-order valence-corrected chi connectivity index (χ3v) is 5.51. The topological polar surface area (TPSA) is 80.5 Å². The molecule has 2 fully saturated rings. The number of carbonyl (C=O) groups excluding carboxylic acids is 1. The summed E-state index contributed by atoms with van der Waals surface area (Å²) in [5.74, 6) is 1.35. The molecular formula is C21H28N4O3. The van der Waals surface area contributed by atoms with Gasteiger partial charge in [0, 0.05) is 25.3 Å². The van der Waals surface area contributed by atoms with E-state index in [1.807, 2.05) is 31.2 Å². The molecule has 0 aliphatic carbocycles. The first-order valence-corrected chi connectivity index (χ1v) is 10.2. The zero-order valence-electron chi connectivity index (χ0n) is 16.4. The lowest BCUT2D eigenvalue weighted by atomic mass is 9.97. The highest BCUT2D eigenvalue weighted by Crippen LogP contribution is 2.21. The zero-order valence-corrected chi connectivity index (χ0v) is 16.4. The van der Waals surface area contributed by atoms with Crippen molar-refractivity contribution in [2.45, 2.75) is 45.3 Å². The van der Waals surface area contributed by atoms with E-state index in [0.717, 1.165) is 56.5 Å². The molecule has 1 N–H and O–H groups in total. The van der Waals surface area contributed by atoms with Crippen LogP contribution in [0, 0.1) is 12.8 Å². The second kappa shape index (κ2) is 8.84. The second-order valence-electron chi connectivity index (χ2n) is 7.84. The van der Waals surface area contributed by atoms with Crippen molar-refractivity contribution in [1.29, 1.82) is 0 Å². The number of aryl methyl sites for hydroxylation is 1. The predicted octanol–water partition coefficient (Wildman–Crippen LogP) is 2.55. The Labute approximate surface area is 165 Å². The van der Waals surface area contributed by atoms with Gasteiger partial charge < -0.3 is 14.6 Å². The van der Waals surface area contributed by atoms with E-state index in [-0.39, 0.29) is 17.9 Å². The van der Waals surface area contributed by atoms with Crippen LogP contribution in [0.1, 0.15) is 37.1 Å². The molecular weight excluding hydrogens is 356 g/mol. The smallest absolute Gasteiger partial charge is 0.241 e. The van der Waals surface area contributed by atoms with E-state index in [1.165, 1.54) is 0 Å². The highest BCUT2D eigenvalue weighted by atomic mass is 16.5. The van der Waals surface area contributed by atoms with Gasteiger partial charge in [-0.15, -0.1) is 0 Å². The molecule has 1 aromatic heterocycles. The quantitative estimate of drug-likeness (QED) is 0.824. The Hall–Kier alpha value is -2.25.